The van der Waals surface area contributed by atoms with Crippen molar-refractivity contribution in [3.63, 3.8) is 0 Å². The fraction of sp³-hybridized carbons (Fsp3) is 0.867. The van der Waals surface area contributed by atoms with Gasteiger partial charge in [-0.15, -0.1) is 0 Å². The van der Waals surface area contributed by atoms with Crippen molar-refractivity contribution >= 4 is 11.8 Å². The van der Waals surface area contributed by atoms with E-state index in [4.69, 9.17) is 5.73 Å². The lowest BCUT2D eigenvalue weighted by Crippen LogP contribution is -2.55. The van der Waals surface area contributed by atoms with E-state index < -0.39 is 6.04 Å². The van der Waals surface area contributed by atoms with Crippen LogP contribution in [0.25, 0.3) is 0 Å². The van der Waals surface area contributed by atoms with Crippen LogP contribution in [0, 0.1) is 5.92 Å². The number of nitrogens with two attached hydrogens (primary N) is 1. The number of amides is 2. The number of carbonyl (C=O) groups is 2. The zero-order valence-corrected chi connectivity index (χ0v) is 13.8. The second kappa shape index (κ2) is 8.34. The lowest BCUT2D eigenvalue weighted by atomic mass is 10.0. The van der Waals surface area contributed by atoms with Crippen molar-refractivity contribution in [2.45, 2.75) is 33.7 Å². The molecule has 1 saturated heterocycles. The number of rotatable bonds is 6. The van der Waals surface area contributed by atoms with E-state index in [2.05, 4.69) is 4.90 Å². The molecule has 1 aliphatic heterocycles. The predicted octanol–water partition coefficient (Wildman–Crippen LogP) is -0.0177. The summed E-state index contributed by atoms with van der Waals surface area (Å²) in [7, 11) is 0. The summed E-state index contributed by atoms with van der Waals surface area (Å²) in [5.74, 6) is 0.346. The normalized spacial score (nSPS) is 17.9. The first-order chi connectivity index (χ1) is 9.90. The van der Waals surface area contributed by atoms with Crippen LogP contribution in [0.2, 0.25) is 0 Å². The average molecular weight is 298 g/mol. The van der Waals surface area contributed by atoms with Crippen molar-refractivity contribution < 1.29 is 9.59 Å². The molecule has 0 aromatic carbocycles. The summed E-state index contributed by atoms with van der Waals surface area (Å²) in [4.78, 5) is 30.0. The second-order valence-electron chi connectivity index (χ2n) is 5.94. The minimum atomic E-state index is -0.422. The molecule has 2 amide bonds. The molecule has 1 aliphatic rings. The molecule has 0 bridgehead atoms. The molecule has 0 aliphatic carbocycles. The third-order valence-corrected chi connectivity index (χ3v) is 4.16. The zero-order valence-electron chi connectivity index (χ0n) is 13.8. The Morgan fingerprint density at radius 1 is 1.10 bits per heavy atom. The molecule has 0 spiro atoms. The molecule has 0 radical (unpaired) electrons. The lowest BCUT2D eigenvalue weighted by Gasteiger charge is -2.36. The van der Waals surface area contributed by atoms with Crippen molar-refractivity contribution in [1.29, 1.82) is 0 Å². The van der Waals surface area contributed by atoms with Gasteiger partial charge in [0.15, 0.2) is 0 Å². The van der Waals surface area contributed by atoms with Crippen LogP contribution >= 0.6 is 0 Å². The van der Waals surface area contributed by atoms with Gasteiger partial charge in [0.05, 0.1) is 12.6 Å². The minimum Gasteiger partial charge on any atom is -0.342 e. The summed E-state index contributed by atoms with van der Waals surface area (Å²) < 4.78 is 0. The molecule has 1 fully saturated rings. The Balaban J connectivity index is 2.42. The molecule has 0 aromatic rings. The molecule has 0 aromatic heterocycles. The van der Waals surface area contributed by atoms with E-state index in [1.165, 1.54) is 0 Å². The monoisotopic (exact) mass is 298 g/mol. The van der Waals surface area contributed by atoms with Crippen molar-refractivity contribution in [3.05, 3.63) is 0 Å². The van der Waals surface area contributed by atoms with Crippen LogP contribution in [0.3, 0.4) is 0 Å². The van der Waals surface area contributed by atoms with Gasteiger partial charge in [-0.1, -0.05) is 13.8 Å². The van der Waals surface area contributed by atoms with E-state index in [1.807, 2.05) is 37.5 Å². The van der Waals surface area contributed by atoms with Crippen LogP contribution in [0.1, 0.15) is 27.7 Å². The lowest BCUT2D eigenvalue weighted by molar-refractivity contribution is -0.136. The van der Waals surface area contributed by atoms with Gasteiger partial charge in [-0.2, -0.15) is 0 Å². The molecule has 6 heteroatoms. The molecular formula is C15H30N4O2. The fourth-order valence-electron chi connectivity index (χ4n) is 2.49. The summed E-state index contributed by atoms with van der Waals surface area (Å²) in [6.07, 6.45) is 0. The van der Waals surface area contributed by atoms with Crippen molar-refractivity contribution in [2.75, 3.05) is 45.8 Å². The number of hydrogen-bond acceptors (Lipinski definition) is 4. The summed E-state index contributed by atoms with van der Waals surface area (Å²) in [5, 5.41) is 0. The van der Waals surface area contributed by atoms with Gasteiger partial charge in [0.2, 0.25) is 11.8 Å². The second-order valence-corrected chi connectivity index (χ2v) is 5.94. The molecule has 0 unspecified atom stereocenters. The molecule has 21 heavy (non-hydrogen) atoms. The first kappa shape index (κ1) is 17.9. The minimum absolute atomic E-state index is 0.0275. The highest BCUT2D eigenvalue weighted by molar-refractivity contribution is 5.82. The van der Waals surface area contributed by atoms with E-state index >= 15 is 0 Å². The van der Waals surface area contributed by atoms with Gasteiger partial charge in [0, 0.05) is 39.3 Å². The van der Waals surface area contributed by atoms with E-state index in [0.717, 1.165) is 26.2 Å². The van der Waals surface area contributed by atoms with Crippen molar-refractivity contribution in [2.24, 2.45) is 11.7 Å². The fourth-order valence-corrected chi connectivity index (χ4v) is 2.49. The number of piperazine rings is 1. The first-order valence-corrected chi connectivity index (χ1v) is 7.95. The highest BCUT2D eigenvalue weighted by Crippen LogP contribution is 2.08. The Morgan fingerprint density at radius 2 is 1.62 bits per heavy atom. The highest BCUT2D eigenvalue weighted by Gasteiger charge is 2.27. The first-order valence-electron chi connectivity index (χ1n) is 7.95. The van der Waals surface area contributed by atoms with Crippen LogP contribution in [-0.4, -0.2) is 78.4 Å². The molecule has 1 atom stereocenters. The number of hydrogen-bond donors (Lipinski definition) is 1. The van der Waals surface area contributed by atoms with Crippen LogP contribution in [0.5, 0.6) is 0 Å². The van der Waals surface area contributed by atoms with Gasteiger partial charge < -0.3 is 15.5 Å². The summed E-state index contributed by atoms with van der Waals surface area (Å²) >= 11 is 0. The Kier molecular flexibility index (Phi) is 7.11. The number of nitrogens with zero attached hydrogens (tertiary/aromatic N) is 3. The third kappa shape index (κ3) is 4.97. The number of likely N-dealkylation sites (N-methyl/N-ethyl adjacent to an activating group) is 1. The standard InChI is InChI=1S/C15H30N4O2/c1-5-18(6-2)13(20)11-17-7-9-19(10-8-17)15(21)14(16)12(3)4/h12,14H,5-11,16H2,1-4H3/t14-/m0/s1. The maximum Gasteiger partial charge on any atom is 0.239 e. The van der Waals surface area contributed by atoms with E-state index in [9.17, 15) is 9.59 Å². The van der Waals surface area contributed by atoms with E-state index in [1.54, 1.807) is 0 Å². The quantitative estimate of drug-likeness (QED) is 0.748. The Morgan fingerprint density at radius 3 is 2.05 bits per heavy atom. The van der Waals surface area contributed by atoms with Gasteiger partial charge in [-0.25, -0.2) is 0 Å². The van der Waals surface area contributed by atoms with E-state index in [0.29, 0.717) is 19.6 Å². The molecular weight excluding hydrogens is 268 g/mol. The maximum atomic E-state index is 12.2. The largest absolute Gasteiger partial charge is 0.342 e. The van der Waals surface area contributed by atoms with Crippen molar-refractivity contribution in [1.82, 2.24) is 14.7 Å². The van der Waals surface area contributed by atoms with Crippen LogP contribution < -0.4 is 5.73 Å². The Hall–Kier alpha value is -1.14. The van der Waals surface area contributed by atoms with Crippen LogP contribution in [0.4, 0.5) is 0 Å². The molecule has 2 N–H and O–H groups in total. The summed E-state index contributed by atoms with van der Waals surface area (Å²) in [5.41, 5.74) is 5.92. The van der Waals surface area contributed by atoms with E-state index in [-0.39, 0.29) is 17.7 Å². The Labute approximate surface area is 128 Å². The molecule has 6 nitrogen and oxygen atoms in total. The van der Waals surface area contributed by atoms with Crippen LogP contribution in [-0.2, 0) is 9.59 Å². The highest BCUT2D eigenvalue weighted by atomic mass is 16.2. The predicted molar refractivity (Wildman–Crippen MR) is 83.8 cm³/mol. The molecule has 1 rings (SSSR count). The van der Waals surface area contributed by atoms with Crippen LogP contribution in [0.15, 0.2) is 0 Å². The Bertz CT molecular complexity index is 348. The smallest absolute Gasteiger partial charge is 0.239 e. The van der Waals surface area contributed by atoms with Gasteiger partial charge in [0.25, 0.3) is 0 Å². The summed E-state index contributed by atoms with van der Waals surface area (Å²) in [6.45, 7) is 12.6. The van der Waals surface area contributed by atoms with Gasteiger partial charge in [-0.05, 0) is 19.8 Å². The topological polar surface area (TPSA) is 69.9 Å². The number of carbonyl (C=O) groups excluding carboxylic acids is 2. The molecule has 1 heterocycles. The SMILES string of the molecule is CCN(CC)C(=O)CN1CCN(C(=O)[C@@H](N)C(C)C)CC1. The van der Waals surface area contributed by atoms with Gasteiger partial charge >= 0.3 is 0 Å². The average Bonchev–Trinajstić information content (AvgIpc) is 2.47. The summed E-state index contributed by atoms with van der Waals surface area (Å²) in [6, 6.07) is -0.422. The maximum absolute atomic E-state index is 12.2. The van der Waals surface area contributed by atoms with Crippen molar-refractivity contribution in [3.8, 4) is 0 Å². The molecule has 122 valence electrons. The van der Waals surface area contributed by atoms with Gasteiger partial charge in [0.1, 0.15) is 0 Å². The third-order valence-electron chi connectivity index (χ3n) is 4.16. The zero-order chi connectivity index (χ0) is 16.0. The van der Waals surface area contributed by atoms with Gasteiger partial charge in [-0.3, -0.25) is 14.5 Å². The molecule has 0 saturated carbocycles.